The number of aliphatic hydroxyl groups is 1. The fourth-order valence-electron chi connectivity index (χ4n) is 10.3. The van der Waals surface area contributed by atoms with E-state index in [0.29, 0.717) is 66.1 Å². The van der Waals surface area contributed by atoms with Crippen LogP contribution in [0.25, 0.3) is 21.8 Å². The molecule has 6 heterocycles. The largest absolute Gasteiger partial charge is 0.494 e. The highest BCUT2D eigenvalue weighted by molar-refractivity contribution is 7.13. The second kappa shape index (κ2) is 28.1. The first-order chi connectivity index (χ1) is 39.9. The monoisotopic (exact) mass is 1150 g/mol. The van der Waals surface area contributed by atoms with Gasteiger partial charge in [-0.25, -0.2) is 15.0 Å². The number of piperidine rings is 1. The highest BCUT2D eigenvalue weighted by Crippen LogP contribution is 2.38. The first kappa shape index (κ1) is 60.8. The zero-order valence-corrected chi connectivity index (χ0v) is 49.4. The molecule has 0 saturated carbocycles. The number of aromatic nitrogens is 7. The third kappa shape index (κ3) is 16.0. The molecule has 0 aliphatic carbocycles. The molecule has 22 heteroatoms. The lowest BCUT2D eigenvalue weighted by molar-refractivity contribution is -0.144. The Morgan fingerprint density at radius 2 is 1.60 bits per heavy atom. The maximum Gasteiger partial charge on any atom is 0.273 e. The Kier molecular flexibility index (Phi) is 20.6. The number of carbonyl (C=O) groups is 5. The number of β-amino-alcohol motifs (C(OH)–C–C–N with tert-alkyl or cyclic N) is 1. The summed E-state index contributed by atoms with van der Waals surface area (Å²) in [5.74, 6) is 7.39. The van der Waals surface area contributed by atoms with Gasteiger partial charge in [-0.2, -0.15) is 5.10 Å². The van der Waals surface area contributed by atoms with E-state index in [2.05, 4.69) is 68.7 Å². The molecule has 438 valence electrons. The van der Waals surface area contributed by atoms with Crippen molar-refractivity contribution in [3.63, 3.8) is 0 Å². The summed E-state index contributed by atoms with van der Waals surface area (Å²) in [5, 5.41) is 38.6. The van der Waals surface area contributed by atoms with Crippen LogP contribution in [0.5, 0.6) is 5.75 Å². The number of amides is 5. The lowest BCUT2D eigenvalue weighted by Crippen LogP contribution is -2.57. The summed E-state index contributed by atoms with van der Waals surface area (Å²) in [4.78, 5) is 84.8. The molecule has 0 bridgehead atoms. The molecule has 5 amide bonds. The average Bonchev–Trinajstić information content (AvgIpc) is 4.38. The molecule has 8 rings (SSSR count). The number of hydrogen-bond acceptors (Lipinski definition) is 16. The van der Waals surface area contributed by atoms with Crippen molar-refractivity contribution in [1.29, 1.82) is 0 Å². The van der Waals surface area contributed by atoms with E-state index in [1.807, 2.05) is 93.6 Å². The van der Waals surface area contributed by atoms with Gasteiger partial charge in [0.25, 0.3) is 5.91 Å². The van der Waals surface area contributed by atoms with Crippen molar-refractivity contribution in [3.05, 3.63) is 101 Å². The van der Waals surface area contributed by atoms with E-state index in [0.717, 1.165) is 72.2 Å². The van der Waals surface area contributed by atoms with Crippen LogP contribution in [0.3, 0.4) is 0 Å². The van der Waals surface area contributed by atoms with Crippen molar-refractivity contribution in [3.8, 4) is 39.4 Å². The third-order valence-electron chi connectivity index (χ3n) is 15.0. The molecule has 2 aromatic carbocycles. The molecule has 6 N–H and O–H groups in total. The second-order valence-electron chi connectivity index (χ2n) is 22.3. The van der Waals surface area contributed by atoms with Crippen LogP contribution in [0.2, 0.25) is 0 Å². The minimum absolute atomic E-state index is 0.00928. The normalized spacial score (nSPS) is 16.1. The molecule has 2 fully saturated rings. The number of aliphatic hydroxyl groups excluding tert-OH is 1. The molecule has 21 nitrogen and oxygen atoms in total. The summed E-state index contributed by atoms with van der Waals surface area (Å²) >= 11 is 1.58. The van der Waals surface area contributed by atoms with E-state index in [1.54, 1.807) is 54.8 Å². The zero-order valence-electron chi connectivity index (χ0n) is 48.6. The topological polar surface area (TPSA) is 264 Å². The minimum atomic E-state index is -0.885. The summed E-state index contributed by atoms with van der Waals surface area (Å²) in [6.45, 7) is 10.9. The molecule has 2 aliphatic heterocycles. The first-order valence-electron chi connectivity index (χ1n) is 28.4. The Bertz CT molecular complexity index is 3290. The first-order valence-corrected chi connectivity index (χ1v) is 29.3. The number of anilines is 4. The number of nitrogens with one attached hydrogen (secondary N) is 5. The minimum Gasteiger partial charge on any atom is -0.494 e. The number of thiazole rings is 1. The maximum absolute atomic E-state index is 14.1. The number of rotatable bonds is 22. The number of hydrogen-bond donors (Lipinski definition) is 6. The lowest BCUT2D eigenvalue weighted by Gasteiger charge is -2.35. The summed E-state index contributed by atoms with van der Waals surface area (Å²) < 4.78 is 7.36. The molecule has 1 unspecified atom stereocenters. The van der Waals surface area contributed by atoms with E-state index in [1.165, 1.54) is 11.9 Å². The summed E-state index contributed by atoms with van der Waals surface area (Å²) in [6.07, 6.45) is 10.0. The van der Waals surface area contributed by atoms with E-state index in [9.17, 15) is 29.1 Å². The van der Waals surface area contributed by atoms with Crippen LogP contribution in [-0.4, -0.2) is 131 Å². The molecule has 0 spiro atoms. The highest BCUT2D eigenvalue weighted by Gasteiger charge is 2.45. The Hall–Kier alpha value is -8.29. The van der Waals surface area contributed by atoms with Crippen LogP contribution in [-0.2, 0) is 26.2 Å². The summed E-state index contributed by atoms with van der Waals surface area (Å²) in [6, 6.07) is 16.7. The summed E-state index contributed by atoms with van der Waals surface area (Å²) in [7, 11) is 4.85. The number of carbonyl (C=O) groups excluding carboxylic acids is 5. The van der Waals surface area contributed by atoms with Gasteiger partial charge >= 0.3 is 0 Å². The summed E-state index contributed by atoms with van der Waals surface area (Å²) in [5.41, 5.74) is 6.54. The Balaban J connectivity index is 0.717. The van der Waals surface area contributed by atoms with E-state index < -0.39 is 29.5 Å². The molecule has 4 atom stereocenters. The van der Waals surface area contributed by atoms with Gasteiger partial charge in [-0.1, -0.05) is 88.6 Å². The van der Waals surface area contributed by atoms with Gasteiger partial charge in [0, 0.05) is 76.7 Å². The number of pyridine rings is 1. The van der Waals surface area contributed by atoms with Gasteiger partial charge in [0.05, 0.1) is 52.3 Å². The smallest absolute Gasteiger partial charge is 0.273 e. The van der Waals surface area contributed by atoms with Crippen molar-refractivity contribution >= 4 is 63.9 Å². The van der Waals surface area contributed by atoms with Gasteiger partial charge in [-0.3, -0.25) is 28.7 Å². The van der Waals surface area contributed by atoms with Gasteiger partial charge in [-0.15, -0.1) is 21.5 Å². The number of nitrogens with zero attached hydrogens (tertiary/aromatic N) is 9. The predicted molar refractivity (Wildman–Crippen MR) is 319 cm³/mol. The number of likely N-dealkylation sites (tertiary alicyclic amines) is 2. The number of para-hydroxylation sites is 1. The number of unbranched alkanes of at least 4 members (excludes halogenated alkanes) is 5. The van der Waals surface area contributed by atoms with Crippen molar-refractivity contribution in [2.24, 2.45) is 18.4 Å². The van der Waals surface area contributed by atoms with Crippen molar-refractivity contribution in [2.45, 2.75) is 129 Å². The van der Waals surface area contributed by atoms with Crippen LogP contribution in [0.4, 0.5) is 23.0 Å². The van der Waals surface area contributed by atoms with Crippen molar-refractivity contribution in [1.82, 2.24) is 60.7 Å². The van der Waals surface area contributed by atoms with Gasteiger partial charge in [0.2, 0.25) is 23.6 Å². The molecule has 2 saturated heterocycles. The molecular formula is C61H76N14O7S. The second-order valence-corrected chi connectivity index (χ2v) is 23.2. The Morgan fingerprint density at radius 1 is 0.867 bits per heavy atom. The van der Waals surface area contributed by atoms with Crippen LogP contribution in [0.1, 0.15) is 132 Å². The van der Waals surface area contributed by atoms with E-state index in [-0.39, 0.29) is 60.7 Å². The van der Waals surface area contributed by atoms with Gasteiger partial charge in [0.15, 0.2) is 23.1 Å². The molecule has 6 aromatic rings. The van der Waals surface area contributed by atoms with Crippen LogP contribution in [0, 0.1) is 30.1 Å². The Labute approximate surface area is 489 Å². The highest BCUT2D eigenvalue weighted by atomic mass is 32.1. The standard InChI is InChI=1S/C61H76N14O7S/c1-38(42-23-25-43(26-24-42)55-39(2)65-37-83-55)66-58(79)48-32-44(76)35-75(48)60(81)56(61(3,4)5)69-51(77)18-13-11-9-10-12-14-19-52(78)74-30-28-40(29-31-74)20-21-41-22-27-49(63-34-41)68-50-33-47(53(71-70-50)59(80)62-6)67-46-17-15-16-45(54(46)82-8)57-64-36-73(7)72-57/h15-17,22-27,33-34,36-38,40,44,48,56,76H,9-14,18-19,28-32,35H2,1-8H3,(H,62,80)(H,66,79)(H,69,77)(H2,63,67,68,70)/t38-,44+,48-,56?/m0/s1. The van der Waals surface area contributed by atoms with Crippen LogP contribution >= 0.6 is 11.3 Å². The molecule has 2 aliphatic rings. The number of ether oxygens (including phenoxy) is 1. The third-order valence-corrected chi connectivity index (χ3v) is 15.9. The molecule has 83 heavy (non-hydrogen) atoms. The number of aryl methyl sites for hydroxylation is 2. The maximum atomic E-state index is 14.1. The Morgan fingerprint density at radius 3 is 2.25 bits per heavy atom. The van der Waals surface area contributed by atoms with Crippen molar-refractivity contribution in [2.75, 3.05) is 44.4 Å². The SMILES string of the molecule is CNC(=O)c1nnc(Nc2ccc(C#CC3CCN(C(=O)CCCCCCCCC(=O)NC(C(=O)N4C[C@H](O)C[C@H]4C(=O)N[C@@H](C)c4ccc(-c5scnc5C)cc4)C(C)(C)C)CC3)cn2)cc1Nc1cccc(-c2ncn(C)n2)c1OC. The van der Waals surface area contributed by atoms with Crippen LogP contribution < -0.4 is 31.3 Å². The fourth-order valence-corrected chi connectivity index (χ4v) is 11.1. The average molecular weight is 1150 g/mol. The molecular weight excluding hydrogens is 1070 g/mol. The van der Waals surface area contributed by atoms with Crippen molar-refractivity contribution < 1.29 is 33.8 Å². The van der Waals surface area contributed by atoms with E-state index in [4.69, 9.17) is 4.74 Å². The fraction of sp³-hybridized carbons (Fsp3) is 0.459. The number of methoxy groups -OCH3 is 1. The van der Waals surface area contributed by atoms with Gasteiger partial charge in [0.1, 0.15) is 24.2 Å². The lowest BCUT2D eigenvalue weighted by atomic mass is 9.85. The number of benzene rings is 2. The van der Waals surface area contributed by atoms with Crippen LogP contribution in [0.15, 0.2) is 78.7 Å². The van der Waals surface area contributed by atoms with Gasteiger partial charge < -0.3 is 46.2 Å². The molecule has 4 aromatic heterocycles. The zero-order chi connectivity index (χ0) is 59.2. The predicted octanol–water partition coefficient (Wildman–Crippen LogP) is 8.04. The quantitative estimate of drug-likeness (QED) is 0.0278. The molecule has 0 radical (unpaired) electrons. The van der Waals surface area contributed by atoms with E-state index >= 15 is 0 Å². The van der Waals surface area contributed by atoms with Gasteiger partial charge in [-0.05, 0) is 80.3 Å².